The number of hydrogen-bond acceptors (Lipinski definition) is 3. The molecule has 0 N–H and O–H groups in total. The van der Waals surface area contributed by atoms with Gasteiger partial charge >= 0.3 is 0 Å². The highest BCUT2D eigenvalue weighted by atomic mass is 35.5. The Kier molecular flexibility index (Phi) is 6.23. The van der Waals surface area contributed by atoms with Crippen LogP contribution < -0.4 is 0 Å². The molecule has 1 aromatic carbocycles. The first-order chi connectivity index (χ1) is 11.0. The van der Waals surface area contributed by atoms with E-state index in [1.807, 2.05) is 26.1 Å². The molecule has 0 radical (unpaired) electrons. The third-order valence-corrected chi connectivity index (χ3v) is 5.10. The van der Waals surface area contributed by atoms with E-state index < -0.39 is 0 Å². The third-order valence-electron chi connectivity index (χ3n) is 5.10. The monoisotopic (exact) mass is 356 g/mol. The van der Waals surface area contributed by atoms with Crippen molar-refractivity contribution in [3.8, 4) is 0 Å². The molecule has 0 aliphatic carbocycles. The van der Waals surface area contributed by atoms with E-state index in [0.29, 0.717) is 6.54 Å². The molecule has 24 heavy (non-hydrogen) atoms. The van der Waals surface area contributed by atoms with Crippen LogP contribution in [-0.2, 0) is 16.0 Å². The normalized spacial score (nSPS) is 24.0. The first kappa shape index (κ1) is 19.2. The topological polar surface area (TPSA) is 32.8 Å². The van der Waals surface area contributed by atoms with Crippen molar-refractivity contribution >= 4 is 18.3 Å². The van der Waals surface area contributed by atoms with Crippen LogP contribution in [0.4, 0.5) is 4.39 Å². The zero-order valence-electron chi connectivity index (χ0n) is 14.3. The smallest absolute Gasteiger partial charge is 0.251 e. The summed E-state index contributed by atoms with van der Waals surface area (Å²) in [6, 6.07) is 6.98. The highest BCUT2D eigenvalue weighted by Gasteiger charge is 2.44. The maximum Gasteiger partial charge on any atom is 0.251 e. The molecule has 0 aromatic heterocycles. The van der Waals surface area contributed by atoms with Gasteiger partial charge in [0.05, 0.1) is 5.60 Å². The molecule has 1 spiro atoms. The molecule has 134 valence electrons. The zero-order valence-corrected chi connectivity index (χ0v) is 15.2. The van der Waals surface area contributed by atoms with Crippen LogP contribution in [0.1, 0.15) is 25.3 Å². The number of carbonyl (C=O) groups is 1. The third kappa shape index (κ3) is 4.08. The Morgan fingerprint density at radius 3 is 2.58 bits per heavy atom. The lowest BCUT2D eigenvalue weighted by Gasteiger charge is -2.48. The molecule has 0 bridgehead atoms. The minimum atomic E-state index is -0.348. The van der Waals surface area contributed by atoms with Gasteiger partial charge in [-0.3, -0.25) is 4.79 Å². The van der Waals surface area contributed by atoms with E-state index in [0.717, 1.165) is 44.5 Å². The number of nitrogens with zero attached hydrogens (tertiary/aromatic N) is 2. The summed E-state index contributed by atoms with van der Waals surface area (Å²) in [5.74, 6) is -0.0526. The van der Waals surface area contributed by atoms with Gasteiger partial charge in [-0.25, -0.2) is 4.39 Å². The van der Waals surface area contributed by atoms with E-state index in [2.05, 4.69) is 4.90 Å². The van der Waals surface area contributed by atoms with Gasteiger partial charge in [0.1, 0.15) is 11.9 Å². The van der Waals surface area contributed by atoms with Crippen LogP contribution in [0, 0.1) is 5.82 Å². The molecule has 1 atom stereocenters. The standard InChI is InChI=1S/C18H25FN2O2.ClH/c1-14-17(22)20(2)13-18(23-14)8-11-21(12-9-18)10-7-15-5-3-4-6-16(15)19;/h3-6,14H,7-13H2,1-2H3;1H/t14-;/m1./s1. The van der Waals surface area contributed by atoms with E-state index in [9.17, 15) is 9.18 Å². The zero-order chi connectivity index (χ0) is 16.4. The molecular weight excluding hydrogens is 331 g/mol. The summed E-state index contributed by atoms with van der Waals surface area (Å²) < 4.78 is 19.7. The molecule has 1 amide bonds. The van der Waals surface area contributed by atoms with Crippen LogP contribution in [0.5, 0.6) is 0 Å². The lowest BCUT2D eigenvalue weighted by Crippen LogP contribution is -2.60. The van der Waals surface area contributed by atoms with Crippen molar-refractivity contribution in [2.75, 3.05) is 33.2 Å². The maximum atomic E-state index is 13.7. The largest absolute Gasteiger partial charge is 0.360 e. The molecule has 6 heteroatoms. The maximum absolute atomic E-state index is 13.7. The average molecular weight is 357 g/mol. The van der Waals surface area contributed by atoms with Crippen molar-refractivity contribution < 1.29 is 13.9 Å². The highest BCUT2D eigenvalue weighted by molar-refractivity contribution is 5.85. The second-order valence-corrected chi connectivity index (χ2v) is 6.82. The second-order valence-electron chi connectivity index (χ2n) is 6.82. The van der Waals surface area contributed by atoms with E-state index in [4.69, 9.17) is 4.74 Å². The fourth-order valence-corrected chi connectivity index (χ4v) is 3.72. The predicted octanol–water partition coefficient (Wildman–Crippen LogP) is 2.50. The van der Waals surface area contributed by atoms with Gasteiger partial charge in [0.25, 0.3) is 5.91 Å². The fourth-order valence-electron chi connectivity index (χ4n) is 3.72. The van der Waals surface area contributed by atoms with Crippen LogP contribution in [0.2, 0.25) is 0 Å². The molecule has 0 unspecified atom stereocenters. The van der Waals surface area contributed by atoms with Crippen molar-refractivity contribution in [2.45, 2.75) is 37.9 Å². The molecule has 2 aliphatic rings. The van der Waals surface area contributed by atoms with E-state index >= 15 is 0 Å². The van der Waals surface area contributed by atoms with Gasteiger partial charge in [-0.05, 0) is 37.8 Å². The first-order valence-electron chi connectivity index (χ1n) is 8.38. The Hall–Kier alpha value is -1.17. The number of amides is 1. The molecule has 2 aliphatic heterocycles. The Morgan fingerprint density at radius 1 is 1.29 bits per heavy atom. The number of morpholine rings is 1. The quantitative estimate of drug-likeness (QED) is 0.834. The van der Waals surface area contributed by atoms with Crippen LogP contribution >= 0.6 is 12.4 Å². The summed E-state index contributed by atoms with van der Waals surface area (Å²) in [6.45, 7) is 5.25. The van der Waals surface area contributed by atoms with Gasteiger partial charge in [0, 0.05) is 33.2 Å². The number of carbonyl (C=O) groups excluding carboxylic acids is 1. The van der Waals surface area contributed by atoms with Gasteiger partial charge in [-0.15, -0.1) is 12.4 Å². The van der Waals surface area contributed by atoms with Crippen LogP contribution in [0.25, 0.3) is 0 Å². The van der Waals surface area contributed by atoms with Gasteiger partial charge < -0.3 is 14.5 Å². The van der Waals surface area contributed by atoms with Crippen molar-refractivity contribution in [3.63, 3.8) is 0 Å². The SMILES string of the molecule is C[C@H]1OC2(CCN(CCc3ccccc3F)CC2)CN(C)C1=O.Cl. The highest BCUT2D eigenvalue weighted by Crippen LogP contribution is 2.32. The van der Waals surface area contributed by atoms with E-state index in [1.165, 1.54) is 6.07 Å². The number of likely N-dealkylation sites (tertiary alicyclic amines) is 1. The number of rotatable bonds is 3. The van der Waals surface area contributed by atoms with Gasteiger partial charge in [-0.1, -0.05) is 18.2 Å². The van der Waals surface area contributed by atoms with Crippen LogP contribution in [-0.4, -0.2) is 60.6 Å². The fraction of sp³-hybridized carbons (Fsp3) is 0.611. The summed E-state index contributed by atoms with van der Waals surface area (Å²) in [4.78, 5) is 16.0. The van der Waals surface area contributed by atoms with Crippen molar-refractivity contribution in [2.24, 2.45) is 0 Å². The second kappa shape index (κ2) is 7.81. The average Bonchev–Trinajstić information content (AvgIpc) is 2.53. The summed E-state index contributed by atoms with van der Waals surface area (Å²) in [6.07, 6.45) is 2.23. The number of ether oxygens (including phenoxy) is 1. The van der Waals surface area contributed by atoms with Gasteiger partial charge in [0.15, 0.2) is 0 Å². The number of halogens is 2. The molecule has 1 aromatic rings. The number of likely N-dealkylation sites (N-methyl/N-ethyl adjacent to an activating group) is 1. The molecular formula is C18H26ClFN2O2. The summed E-state index contributed by atoms with van der Waals surface area (Å²) >= 11 is 0. The lowest BCUT2D eigenvalue weighted by atomic mass is 9.88. The van der Waals surface area contributed by atoms with Gasteiger partial charge in [0.2, 0.25) is 0 Å². The Labute approximate surface area is 149 Å². The Bertz CT molecular complexity index is 560. The number of benzene rings is 1. The van der Waals surface area contributed by atoms with Crippen molar-refractivity contribution in [1.82, 2.24) is 9.80 Å². The molecule has 4 nitrogen and oxygen atoms in total. The summed E-state index contributed by atoms with van der Waals surface area (Å²) in [7, 11) is 1.85. The predicted molar refractivity (Wildman–Crippen MR) is 93.9 cm³/mol. The summed E-state index contributed by atoms with van der Waals surface area (Å²) in [5.41, 5.74) is 0.581. The number of hydrogen-bond donors (Lipinski definition) is 0. The van der Waals surface area contributed by atoms with Crippen molar-refractivity contribution in [1.29, 1.82) is 0 Å². The number of piperidine rings is 1. The minimum absolute atomic E-state index is 0. The van der Waals surface area contributed by atoms with Crippen LogP contribution in [0.15, 0.2) is 24.3 Å². The first-order valence-corrected chi connectivity index (χ1v) is 8.38. The lowest BCUT2D eigenvalue weighted by molar-refractivity contribution is -0.186. The molecule has 2 fully saturated rings. The van der Waals surface area contributed by atoms with Crippen LogP contribution in [0.3, 0.4) is 0 Å². The van der Waals surface area contributed by atoms with Crippen molar-refractivity contribution in [3.05, 3.63) is 35.6 Å². The minimum Gasteiger partial charge on any atom is -0.360 e. The van der Waals surface area contributed by atoms with E-state index in [1.54, 1.807) is 11.0 Å². The molecule has 2 heterocycles. The molecule has 2 saturated heterocycles. The summed E-state index contributed by atoms with van der Waals surface area (Å²) in [5, 5.41) is 0. The van der Waals surface area contributed by atoms with E-state index in [-0.39, 0.29) is 35.8 Å². The Morgan fingerprint density at radius 2 is 1.96 bits per heavy atom. The van der Waals surface area contributed by atoms with Gasteiger partial charge in [-0.2, -0.15) is 0 Å². The Balaban J connectivity index is 0.00000208. The molecule has 3 rings (SSSR count). The molecule has 0 saturated carbocycles.